The number of halogens is 2. The normalized spacial score (nSPS) is 19.4. The van der Waals surface area contributed by atoms with Gasteiger partial charge in [0.15, 0.2) is 0 Å². The highest BCUT2D eigenvalue weighted by Gasteiger charge is 2.54. The molecule has 2 N–H and O–H groups in total. The summed E-state index contributed by atoms with van der Waals surface area (Å²) in [6, 6.07) is 12.5. The molecule has 2 aliphatic heterocycles. The van der Waals surface area contributed by atoms with Crippen LogP contribution in [0.4, 0.5) is 0 Å². The quantitative estimate of drug-likeness (QED) is 0.328. The zero-order chi connectivity index (χ0) is 32.1. The van der Waals surface area contributed by atoms with Gasteiger partial charge in [-0.15, -0.1) is 0 Å². The monoisotopic (exact) mass is 667 g/mol. The molecule has 0 bridgehead atoms. The Labute approximate surface area is 270 Å². The van der Waals surface area contributed by atoms with Gasteiger partial charge in [-0.05, 0) is 70.7 Å². The lowest BCUT2D eigenvalue weighted by atomic mass is 9.75. The summed E-state index contributed by atoms with van der Waals surface area (Å²) < 4.78 is 47.3. The zero-order valence-corrected chi connectivity index (χ0v) is 27.8. The van der Waals surface area contributed by atoms with Crippen molar-refractivity contribution < 1.29 is 32.1 Å². The number of aryl methyl sites for hydroxylation is 1. The second-order valence-electron chi connectivity index (χ2n) is 12.1. The first kappa shape index (κ1) is 34.7. The highest BCUT2D eigenvalue weighted by Crippen LogP contribution is 2.38. The number of nitrogens with zero attached hydrogens (tertiary/aromatic N) is 1. The Hall–Kier alpha value is -2.19. The molecule has 0 aliphatic carbocycles. The number of benzene rings is 2. The Morgan fingerprint density at radius 1 is 1.00 bits per heavy atom. The first-order chi connectivity index (χ1) is 20.7. The molecule has 10 nitrogen and oxygen atoms in total. The van der Waals surface area contributed by atoms with Crippen LogP contribution in [0.2, 0.25) is 10.0 Å². The molecular weight excluding hydrogens is 628 g/mol. The number of morpholine rings is 1. The fourth-order valence-corrected chi connectivity index (χ4v) is 6.98. The van der Waals surface area contributed by atoms with Gasteiger partial charge in [-0.1, -0.05) is 53.5 Å². The van der Waals surface area contributed by atoms with Crippen LogP contribution < -0.4 is 10.0 Å². The third-order valence-electron chi connectivity index (χ3n) is 8.29. The van der Waals surface area contributed by atoms with Gasteiger partial charge in [0.05, 0.1) is 41.8 Å². The van der Waals surface area contributed by atoms with Gasteiger partial charge in [0.25, 0.3) is 0 Å². The predicted molar refractivity (Wildman–Crippen MR) is 170 cm³/mol. The van der Waals surface area contributed by atoms with Crippen molar-refractivity contribution in [3.63, 3.8) is 0 Å². The minimum Gasteiger partial charge on any atom is -0.402 e. The second kappa shape index (κ2) is 14.5. The number of carbonyl (C=O) groups excluding carboxylic acids is 2. The maximum atomic E-state index is 13.9. The first-order valence-corrected chi connectivity index (χ1v) is 17.0. The molecule has 2 aromatic carbocycles. The summed E-state index contributed by atoms with van der Waals surface area (Å²) in [5.74, 6) is -1.70. The third-order valence-corrected chi connectivity index (χ3v) is 10.5. The fourth-order valence-electron chi connectivity index (χ4n) is 5.02. The van der Waals surface area contributed by atoms with Crippen LogP contribution in [0.5, 0.6) is 0 Å². The van der Waals surface area contributed by atoms with Crippen LogP contribution in [0.1, 0.15) is 52.5 Å². The number of rotatable bonds is 12. The molecule has 2 saturated heterocycles. The van der Waals surface area contributed by atoms with Gasteiger partial charge in [-0.25, -0.2) is 8.42 Å². The molecule has 44 heavy (non-hydrogen) atoms. The molecule has 2 heterocycles. The predicted octanol–water partition coefficient (Wildman–Crippen LogP) is 4.03. The maximum absolute atomic E-state index is 13.9. The van der Waals surface area contributed by atoms with Crippen LogP contribution in [-0.4, -0.2) is 81.7 Å². The van der Waals surface area contributed by atoms with Crippen LogP contribution in [0, 0.1) is 0 Å². The lowest BCUT2D eigenvalue weighted by molar-refractivity contribution is -0.138. The van der Waals surface area contributed by atoms with E-state index in [4.69, 9.17) is 37.2 Å². The molecule has 0 radical (unpaired) electrons. The second-order valence-corrected chi connectivity index (χ2v) is 14.6. The Morgan fingerprint density at radius 2 is 1.64 bits per heavy atom. The van der Waals surface area contributed by atoms with Crippen molar-refractivity contribution in [2.45, 2.75) is 81.5 Å². The highest BCUT2D eigenvalue weighted by atomic mass is 35.5. The lowest BCUT2D eigenvalue weighted by Crippen LogP contribution is -2.56. The molecule has 0 saturated carbocycles. The molecule has 2 fully saturated rings. The van der Waals surface area contributed by atoms with E-state index in [-0.39, 0.29) is 20.8 Å². The smallest absolute Gasteiger partial charge is 0.402 e. The fraction of sp³-hybridized carbons (Fsp3) is 0.533. The van der Waals surface area contributed by atoms with Crippen LogP contribution >= 0.6 is 23.2 Å². The summed E-state index contributed by atoms with van der Waals surface area (Å²) in [7, 11) is -5.16. The SMILES string of the molecule is CC1(C)OB([C@H](CCCc2ccccc2)NC(=O)[C@@H](CC(=O)N2CCOCC2)NS(=O)(=O)c2cc(Cl)ccc2Cl)OC1(C)C. The zero-order valence-electron chi connectivity index (χ0n) is 25.5. The van der Waals surface area contributed by atoms with Gasteiger partial charge in [-0.2, -0.15) is 4.72 Å². The average molecular weight is 668 g/mol. The molecule has 0 unspecified atom stereocenters. The summed E-state index contributed by atoms with van der Waals surface area (Å²) in [6.45, 7) is 9.08. The number of hydrogen-bond donors (Lipinski definition) is 2. The average Bonchev–Trinajstić information content (AvgIpc) is 3.20. The Morgan fingerprint density at radius 3 is 2.27 bits per heavy atom. The van der Waals surface area contributed by atoms with Gasteiger partial charge in [0.2, 0.25) is 21.8 Å². The summed E-state index contributed by atoms with van der Waals surface area (Å²) in [4.78, 5) is 28.5. The van der Waals surface area contributed by atoms with Gasteiger partial charge < -0.3 is 24.3 Å². The first-order valence-electron chi connectivity index (χ1n) is 14.7. The van der Waals surface area contributed by atoms with Crippen LogP contribution in [0.3, 0.4) is 0 Å². The number of carbonyl (C=O) groups is 2. The largest absolute Gasteiger partial charge is 0.481 e. The van der Waals surface area contributed by atoms with E-state index in [9.17, 15) is 18.0 Å². The maximum Gasteiger partial charge on any atom is 0.481 e. The van der Waals surface area contributed by atoms with E-state index in [1.165, 1.54) is 18.2 Å². The van der Waals surface area contributed by atoms with Gasteiger partial charge in [0.1, 0.15) is 10.9 Å². The minimum absolute atomic E-state index is 0.0726. The Kier molecular flexibility index (Phi) is 11.4. The molecule has 4 rings (SSSR count). The van der Waals surface area contributed by atoms with Crippen molar-refractivity contribution in [1.82, 2.24) is 14.9 Å². The Bertz CT molecular complexity index is 1410. The van der Waals surface area contributed by atoms with E-state index in [2.05, 4.69) is 10.0 Å². The van der Waals surface area contributed by atoms with Crippen molar-refractivity contribution in [3.8, 4) is 0 Å². The lowest BCUT2D eigenvalue weighted by Gasteiger charge is -2.32. The number of amides is 2. The van der Waals surface area contributed by atoms with Gasteiger partial charge in [-0.3, -0.25) is 9.59 Å². The van der Waals surface area contributed by atoms with E-state index in [1.54, 1.807) is 4.90 Å². The molecule has 2 amide bonds. The molecule has 240 valence electrons. The van der Waals surface area contributed by atoms with E-state index < -0.39 is 52.7 Å². The third kappa shape index (κ3) is 8.75. The summed E-state index contributed by atoms with van der Waals surface area (Å²) in [6.07, 6.45) is 1.52. The Balaban J connectivity index is 1.58. The number of ether oxygens (including phenoxy) is 1. The molecule has 2 atom stereocenters. The molecule has 0 spiro atoms. The standard InChI is InChI=1S/C30H40BCl2N3O7S/c1-29(2)30(3,4)43-31(42-29)26(12-8-11-21-9-6-5-7-10-21)34-28(38)24(20-27(37)36-15-17-41-18-16-36)35-44(39,40)25-19-22(32)13-14-23(25)33/h5-7,9-10,13-14,19,24,26,35H,8,11-12,15-18,20H2,1-4H3,(H,34,38)/t24-,26+/m1/s1. The number of nitrogens with one attached hydrogen (secondary N) is 2. The van der Waals surface area contributed by atoms with Crippen LogP contribution in [-0.2, 0) is 40.1 Å². The molecular formula is C30H40BCl2N3O7S. The van der Waals surface area contributed by atoms with Crippen molar-refractivity contribution in [3.05, 3.63) is 64.1 Å². The molecule has 2 aromatic rings. The summed E-state index contributed by atoms with van der Waals surface area (Å²) in [5.41, 5.74) is -0.167. The number of hydrogen-bond acceptors (Lipinski definition) is 7. The molecule has 0 aromatic heterocycles. The van der Waals surface area contributed by atoms with Crippen molar-refractivity contribution in [2.75, 3.05) is 26.3 Å². The number of sulfonamides is 1. The van der Waals surface area contributed by atoms with E-state index >= 15 is 0 Å². The van der Waals surface area contributed by atoms with Gasteiger partial charge >= 0.3 is 7.12 Å². The highest BCUT2D eigenvalue weighted by molar-refractivity contribution is 7.89. The van der Waals surface area contributed by atoms with E-state index in [0.717, 1.165) is 12.0 Å². The van der Waals surface area contributed by atoms with Crippen LogP contribution in [0.25, 0.3) is 0 Å². The van der Waals surface area contributed by atoms with Gasteiger partial charge in [0, 0.05) is 18.1 Å². The summed E-state index contributed by atoms with van der Waals surface area (Å²) >= 11 is 12.3. The molecule has 14 heteroatoms. The van der Waals surface area contributed by atoms with Crippen molar-refractivity contribution in [2.24, 2.45) is 0 Å². The minimum atomic E-state index is -4.36. The van der Waals surface area contributed by atoms with Crippen molar-refractivity contribution >= 4 is 52.2 Å². The van der Waals surface area contributed by atoms with E-state index in [1.807, 2.05) is 58.0 Å². The van der Waals surface area contributed by atoms with Crippen molar-refractivity contribution in [1.29, 1.82) is 0 Å². The molecule has 2 aliphatic rings. The van der Waals surface area contributed by atoms with E-state index in [0.29, 0.717) is 39.1 Å². The summed E-state index contributed by atoms with van der Waals surface area (Å²) in [5, 5.41) is 3.04. The topological polar surface area (TPSA) is 123 Å². The van der Waals surface area contributed by atoms with Crippen LogP contribution in [0.15, 0.2) is 53.4 Å².